The summed E-state index contributed by atoms with van der Waals surface area (Å²) in [6, 6.07) is 0.392. The van der Waals surface area contributed by atoms with Crippen LogP contribution in [0.25, 0.3) is 6.08 Å². The fourth-order valence-corrected chi connectivity index (χ4v) is 4.45. The Bertz CT molecular complexity index is 770. The van der Waals surface area contributed by atoms with E-state index in [1.807, 2.05) is 0 Å². The van der Waals surface area contributed by atoms with Crippen molar-refractivity contribution >= 4 is 37.9 Å². The van der Waals surface area contributed by atoms with Gasteiger partial charge in [0.05, 0.1) is 0 Å². The van der Waals surface area contributed by atoms with Crippen LogP contribution >= 0.6 is 10.7 Å². The maximum atomic E-state index is 11.9. The van der Waals surface area contributed by atoms with Crippen molar-refractivity contribution in [2.45, 2.75) is 50.6 Å². The average molecular weight is 414 g/mol. The molecule has 1 aliphatic carbocycles. The summed E-state index contributed by atoms with van der Waals surface area (Å²) >= 11 is 0. The zero-order valence-electron chi connectivity index (χ0n) is 15.0. The molecule has 1 amide bonds. The molecule has 2 aliphatic rings. The summed E-state index contributed by atoms with van der Waals surface area (Å²) in [6.45, 7) is 0.751. The molecule has 8 nitrogen and oxygen atoms in total. The average Bonchev–Trinajstić information content (AvgIpc) is 3.14. The number of hydrogen-bond acceptors (Lipinski definition) is 6. The Morgan fingerprint density at radius 1 is 1.11 bits per heavy atom. The molecule has 0 aromatic carbocycles. The van der Waals surface area contributed by atoms with Gasteiger partial charge in [-0.3, -0.25) is 4.79 Å². The van der Waals surface area contributed by atoms with Crippen LogP contribution in [0.5, 0.6) is 0 Å². The van der Waals surface area contributed by atoms with E-state index < -0.39 is 9.24 Å². The van der Waals surface area contributed by atoms with Gasteiger partial charge in [0.25, 0.3) is 9.24 Å². The highest BCUT2D eigenvalue weighted by molar-refractivity contribution is 8.11. The molecule has 1 aromatic rings. The second-order valence-corrected chi connectivity index (χ2v) is 9.43. The minimum Gasteiger partial charge on any atom is -0.351 e. The number of carbonyl (C=O) groups excluding carboxylic acids is 1. The third-order valence-corrected chi connectivity index (χ3v) is 6.46. The van der Waals surface area contributed by atoms with Gasteiger partial charge in [0, 0.05) is 59.9 Å². The maximum Gasteiger partial charge on any atom is 0.299 e. The zero-order valence-corrected chi connectivity index (χ0v) is 16.5. The van der Waals surface area contributed by atoms with Crippen molar-refractivity contribution in [3.8, 4) is 0 Å². The van der Waals surface area contributed by atoms with E-state index in [1.54, 1.807) is 18.5 Å². The standard InChI is InChI=1S/C17H24ClN5O3S/c18-27(25,26)23-9-7-15(8-10-23)22-17-19-11-13(12-20-17)5-6-16(24)21-14-3-1-2-4-14/h5-6,11-12,14-15H,1-4,7-10H2,(H,21,24)(H,19,20,22)/b6-5-. The van der Waals surface area contributed by atoms with E-state index in [0.29, 0.717) is 37.9 Å². The zero-order chi connectivity index (χ0) is 19.3. The van der Waals surface area contributed by atoms with E-state index in [1.165, 1.54) is 23.2 Å². The first-order valence-electron chi connectivity index (χ1n) is 9.17. The third kappa shape index (κ3) is 6.15. The molecular formula is C17H24ClN5O3S. The molecule has 1 saturated heterocycles. The lowest BCUT2D eigenvalue weighted by Gasteiger charge is -2.29. The minimum absolute atomic E-state index is 0.0925. The number of amides is 1. The molecule has 0 spiro atoms. The van der Waals surface area contributed by atoms with Gasteiger partial charge >= 0.3 is 0 Å². The molecule has 1 aliphatic heterocycles. The number of hydrogen-bond donors (Lipinski definition) is 2. The molecule has 148 valence electrons. The van der Waals surface area contributed by atoms with E-state index in [4.69, 9.17) is 10.7 Å². The molecule has 2 fully saturated rings. The number of rotatable bonds is 6. The molecular weight excluding hydrogens is 390 g/mol. The van der Waals surface area contributed by atoms with Crippen LogP contribution in [0.3, 0.4) is 0 Å². The number of nitrogens with one attached hydrogen (secondary N) is 2. The number of piperidine rings is 1. The lowest BCUT2D eigenvalue weighted by Crippen LogP contribution is -2.40. The molecule has 0 bridgehead atoms. The van der Waals surface area contributed by atoms with Crippen LogP contribution in [0.2, 0.25) is 0 Å². The molecule has 3 rings (SSSR count). The molecule has 0 radical (unpaired) electrons. The minimum atomic E-state index is -3.64. The van der Waals surface area contributed by atoms with Crippen molar-refractivity contribution in [1.29, 1.82) is 0 Å². The van der Waals surface area contributed by atoms with Crippen LogP contribution in [-0.4, -0.2) is 53.8 Å². The van der Waals surface area contributed by atoms with Gasteiger partial charge in [0.15, 0.2) is 0 Å². The number of aromatic nitrogens is 2. The van der Waals surface area contributed by atoms with Crippen molar-refractivity contribution < 1.29 is 13.2 Å². The Labute approximate surface area is 164 Å². The number of nitrogens with zero attached hydrogens (tertiary/aromatic N) is 3. The van der Waals surface area contributed by atoms with Crippen LogP contribution in [0, 0.1) is 0 Å². The second kappa shape index (κ2) is 8.99. The van der Waals surface area contributed by atoms with Gasteiger partial charge in [-0.2, -0.15) is 12.7 Å². The SMILES string of the molecule is O=C(/C=C\c1cnc(NC2CCN(S(=O)(=O)Cl)CC2)nc1)NC1CCCC1. The lowest BCUT2D eigenvalue weighted by molar-refractivity contribution is -0.117. The first kappa shape index (κ1) is 20.0. The first-order valence-corrected chi connectivity index (χ1v) is 11.4. The fourth-order valence-electron chi connectivity index (χ4n) is 3.39. The highest BCUT2D eigenvalue weighted by atomic mass is 35.7. The predicted octanol–water partition coefficient (Wildman–Crippen LogP) is 1.91. The van der Waals surface area contributed by atoms with Crippen molar-refractivity contribution in [2.24, 2.45) is 0 Å². The van der Waals surface area contributed by atoms with Crippen molar-refractivity contribution in [3.63, 3.8) is 0 Å². The third-order valence-electron chi connectivity index (χ3n) is 4.90. The Balaban J connectivity index is 1.46. The summed E-state index contributed by atoms with van der Waals surface area (Å²) in [6.07, 6.45) is 12.2. The largest absolute Gasteiger partial charge is 0.351 e. The van der Waals surface area contributed by atoms with Crippen LogP contribution in [-0.2, 0) is 14.0 Å². The Kier molecular flexibility index (Phi) is 6.67. The van der Waals surface area contributed by atoms with Gasteiger partial charge < -0.3 is 10.6 Å². The van der Waals surface area contributed by atoms with Gasteiger partial charge in [-0.25, -0.2) is 9.97 Å². The van der Waals surface area contributed by atoms with Crippen molar-refractivity contribution in [1.82, 2.24) is 19.6 Å². The van der Waals surface area contributed by atoms with E-state index in [-0.39, 0.29) is 11.9 Å². The number of anilines is 1. The second-order valence-electron chi connectivity index (χ2n) is 6.92. The Morgan fingerprint density at radius 3 is 2.33 bits per heavy atom. The molecule has 2 heterocycles. The highest BCUT2D eigenvalue weighted by Crippen LogP contribution is 2.19. The Morgan fingerprint density at radius 2 is 1.74 bits per heavy atom. The topological polar surface area (TPSA) is 104 Å². The van der Waals surface area contributed by atoms with Gasteiger partial charge in [0.1, 0.15) is 0 Å². The molecule has 2 N–H and O–H groups in total. The van der Waals surface area contributed by atoms with Crippen molar-refractivity contribution in [3.05, 3.63) is 24.0 Å². The quantitative estimate of drug-likeness (QED) is 0.545. The van der Waals surface area contributed by atoms with Gasteiger partial charge in [-0.05, 0) is 31.8 Å². The van der Waals surface area contributed by atoms with Gasteiger partial charge in [-0.1, -0.05) is 12.8 Å². The highest BCUT2D eigenvalue weighted by Gasteiger charge is 2.26. The van der Waals surface area contributed by atoms with Gasteiger partial charge in [0.2, 0.25) is 11.9 Å². The van der Waals surface area contributed by atoms with Gasteiger partial charge in [-0.15, -0.1) is 0 Å². The molecule has 27 heavy (non-hydrogen) atoms. The van der Waals surface area contributed by atoms with E-state index >= 15 is 0 Å². The number of carbonyl (C=O) groups is 1. The molecule has 0 unspecified atom stereocenters. The smallest absolute Gasteiger partial charge is 0.299 e. The predicted molar refractivity (Wildman–Crippen MR) is 104 cm³/mol. The monoisotopic (exact) mass is 413 g/mol. The molecule has 0 atom stereocenters. The summed E-state index contributed by atoms with van der Waals surface area (Å²) in [5, 5.41) is 6.20. The molecule has 1 aromatic heterocycles. The van der Waals surface area contributed by atoms with E-state index in [9.17, 15) is 13.2 Å². The summed E-state index contributed by atoms with van der Waals surface area (Å²) < 4.78 is 23.9. The fraction of sp³-hybridized carbons (Fsp3) is 0.588. The summed E-state index contributed by atoms with van der Waals surface area (Å²) in [7, 11) is 1.71. The summed E-state index contributed by atoms with van der Waals surface area (Å²) in [5.74, 6) is 0.389. The lowest BCUT2D eigenvalue weighted by atomic mass is 10.1. The normalized spacial score (nSPS) is 20.2. The Hall–Kier alpha value is -1.71. The van der Waals surface area contributed by atoms with Crippen LogP contribution < -0.4 is 10.6 Å². The van der Waals surface area contributed by atoms with E-state index in [0.717, 1.165) is 18.4 Å². The van der Waals surface area contributed by atoms with E-state index in [2.05, 4.69) is 20.6 Å². The van der Waals surface area contributed by atoms with Crippen LogP contribution in [0.1, 0.15) is 44.1 Å². The maximum absolute atomic E-state index is 11.9. The molecule has 1 saturated carbocycles. The van der Waals surface area contributed by atoms with Crippen molar-refractivity contribution in [2.75, 3.05) is 18.4 Å². The summed E-state index contributed by atoms with van der Waals surface area (Å²) in [5.41, 5.74) is 0.741. The number of halogens is 1. The first-order chi connectivity index (χ1) is 12.9. The molecule has 10 heteroatoms. The van der Waals surface area contributed by atoms with Crippen LogP contribution in [0.4, 0.5) is 5.95 Å². The summed E-state index contributed by atoms with van der Waals surface area (Å²) in [4.78, 5) is 20.4. The van der Waals surface area contributed by atoms with Crippen LogP contribution in [0.15, 0.2) is 18.5 Å².